The van der Waals surface area contributed by atoms with Gasteiger partial charge >= 0.3 is 0 Å². The van der Waals surface area contributed by atoms with Crippen LogP contribution < -0.4 is 5.73 Å². The Balaban J connectivity index is 1.84. The molecule has 5 nitrogen and oxygen atoms in total. The molecular formula is C18H15N3O2S. The molecule has 24 heavy (non-hydrogen) atoms. The Morgan fingerprint density at radius 2 is 1.79 bits per heavy atom. The van der Waals surface area contributed by atoms with Gasteiger partial charge in [0.05, 0.1) is 5.52 Å². The molecule has 1 atom stereocenters. The van der Waals surface area contributed by atoms with Crippen LogP contribution in [0.4, 0.5) is 10.5 Å². The fraction of sp³-hybridized carbons (Fsp3) is 0.111. The van der Waals surface area contributed by atoms with Crippen molar-refractivity contribution in [2.24, 2.45) is 0 Å². The predicted molar refractivity (Wildman–Crippen MR) is 96.2 cm³/mol. The zero-order chi connectivity index (χ0) is 16.8. The number of nitrogen functional groups attached to an aromatic ring is 1. The lowest BCUT2D eigenvalue weighted by molar-refractivity contribution is -0.125. The zero-order valence-electron chi connectivity index (χ0n) is 13.0. The quantitative estimate of drug-likeness (QED) is 0.726. The maximum atomic E-state index is 12.3. The largest absolute Gasteiger partial charge is 0.399 e. The van der Waals surface area contributed by atoms with Crippen LogP contribution >= 0.6 is 11.8 Å². The second kappa shape index (κ2) is 5.42. The topological polar surface area (TPSA) is 68.3 Å². The van der Waals surface area contributed by atoms with Gasteiger partial charge in [0.1, 0.15) is 5.25 Å². The lowest BCUT2D eigenvalue weighted by Crippen LogP contribution is -2.24. The first-order valence-corrected chi connectivity index (χ1v) is 8.38. The predicted octanol–water partition coefficient (Wildman–Crippen LogP) is 3.58. The fourth-order valence-electron chi connectivity index (χ4n) is 2.97. The van der Waals surface area contributed by atoms with Gasteiger partial charge in [-0.05, 0) is 53.7 Å². The van der Waals surface area contributed by atoms with Crippen LogP contribution in [0.3, 0.4) is 0 Å². The van der Waals surface area contributed by atoms with Crippen LogP contribution in [0.5, 0.6) is 0 Å². The van der Waals surface area contributed by atoms with Gasteiger partial charge in [-0.1, -0.05) is 12.1 Å². The van der Waals surface area contributed by atoms with E-state index in [1.165, 1.54) is 11.9 Å². The third kappa shape index (κ3) is 2.18. The molecule has 4 rings (SSSR count). The van der Waals surface area contributed by atoms with E-state index in [4.69, 9.17) is 5.73 Å². The van der Waals surface area contributed by atoms with Gasteiger partial charge in [-0.15, -0.1) is 0 Å². The van der Waals surface area contributed by atoms with Crippen molar-refractivity contribution in [3.8, 4) is 5.69 Å². The Morgan fingerprint density at radius 3 is 2.46 bits per heavy atom. The van der Waals surface area contributed by atoms with Crippen LogP contribution in [0.15, 0.2) is 54.7 Å². The van der Waals surface area contributed by atoms with Gasteiger partial charge in [-0.3, -0.25) is 14.5 Å². The maximum absolute atomic E-state index is 12.3. The number of carbonyl (C=O) groups is 2. The van der Waals surface area contributed by atoms with E-state index in [1.807, 2.05) is 59.3 Å². The molecule has 1 aliphatic rings. The summed E-state index contributed by atoms with van der Waals surface area (Å²) in [5.74, 6) is -0.169. The van der Waals surface area contributed by atoms with Crippen LogP contribution in [0, 0.1) is 0 Å². The number of anilines is 1. The summed E-state index contributed by atoms with van der Waals surface area (Å²) in [6.45, 7) is 0. The summed E-state index contributed by atoms with van der Waals surface area (Å²) in [5, 5.41) is 0.289. The van der Waals surface area contributed by atoms with Crippen molar-refractivity contribution < 1.29 is 9.59 Å². The lowest BCUT2D eigenvalue weighted by atomic mass is 10.1. The van der Waals surface area contributed by atoms with E-state index in [-0.39, 0.29) is 11.1 Å². The summed E-state index contributed by atoms with van der Waals surface area (Å²) >= 11 is 1.07. The number of thioether (sulfide) groups is 1. The second-order valence-electron chi connectivity index (χ2n) is 5.72. The number of imide groups is 1. The molecule has 0 radical (unpaired) electrons. The van der Waals surface area contributed by atoms with E-state index in [0.29, 0.717) is 5.69 Å². The molecule has 0 saturated carbocycles. The molecule has 6 heteroatoms. The third-order valence-electron chi connectivity index (χ3n) is 4.27. The first-order valence-electron chi connectivity index (χ1n) is 7.50. The second-order valence-corrected chi connectivity index (χ2v) is 6.77. The van der Waals surface area contributed by atoms with Crippen LogP contribution in [0.2, 0.25) is 0 Å². The van der Waals surface area contributed by atoms with Crippen molar-refractivity contribution in [3.63, 3.8) is 0 Å². The number of aromatic nitrogens is 1. The Kier molecular flexibility index (Phi) is 3.35. The summed E-state index contributed by atoms with van der Waals surface area (Å²) in [7, 11) is 1.53. The van der Waals surface area contributed by atoms with E-state index >= 15 is 0 Å². The molecule has 2 amide bonds. The first kappa shape index (κ1) is 14.8. The minimum absolute atomic E-state index is 0.169. The molecule has 120 valence electrons. The standard InChI is InChI=1S/C18H15N3O2S/c1-20-17(22)16(24-18(20)23)14-3-2-4-15-13(14)9-10-21(15)12-7-5-11(19)6-8-12/h2-10,16H,19H2,1H3. The van der Waals surface area contributed by atoms with Gasteiger partial charge in [0.15, 0.2) is 0 Å². The number of nitrogens with two attached hydrogens (primary N) is 1. The van der Waals surface area contributed by atoms with E-state index in [0.717, 1.165) is 33.9 Å². The number of hydrogen-bond donors (Lipinski definition) is 1. The van der Waals surface area contributed by atoms with Crippen molar-refractivity contribution >= 4 is 39.5 Å². The van der Waals surface area contributed by atoms with Gasteiger partial charge in [0.25, 0.3) is 5.24 Å². The Hall–Kier alpha value is -2.73. The third-order valence-corrected chi connectivity index (χ3v) is 5.43. The number of rotatable bonds is 2. The molecule has 1 aliphatic heterocycles. The van der Waals surface area contributed by atoms with Crippen molar-refractivity contribution in [1.29, 1.82) is 0 Å². The zero-order valence-corrected chi connectivity index (χ0v) is 13.8. The Bertz CT molecular complexity index is 962. The highest BCUT2D eigenvalue weighted by atomic mass is 32.2. The van der Waals surface area contributed by atoms with Crippen molar-refractivity contribution in [1.82, 2.24) is 9.47 Å². The number of fused-ring (bicyclic) bond motifs is 1. The van der Waals surface area contributed by atoms with Gasteiger partial charge in [0.2, 0.25) is 5.91 Å². The SMILES string of the molecule is CN1C(=O)SC(c2cccc3c2ccn3-c2ccc(N)cc2)C1=O. The molecule has 0 spiro atoms. The van der Waals surface area contributed by atoms with E-state index in [2.05, 4.69) is 0 Å². The highest BCUT2D eigenvalue weighted by Gasteiger charge is 2.38. The number of hydrogen-bond acceptors (Lipinski definition) is 4. The number of likely N-dealkylation sites (N-methyl/N-ethyl adjacent to an activating group) is 1. The molecule has 2 heterocycles. The summed E-state index contributed by atoms with van der Waals surface area (Å²) in [5.41, 5.74) is 9.33. The molecule has 1 saturated heterocycles. The van der Waals surface area contributed by atoms with Crippen LogP contribution in [-0.2, 0) is 4.79 Å². The van der Waals surface area contributed by atoms with Gasteiger partial charge in [0, 0.05) is 30.0 Å². The van der Waals surface area contributed by atoms with Gasteiger partial charge < -0.3 is 10.3 Å². The van der Waals surface area contributed by atoms with Crippen molar-refractivity contribution in [2.45, 2.75) is 5.25 Å². The van der Waals surface area contributed by atoms with E-state index in [1.54, 1.807) is 0 Å². The number of nitrogens with zero attached hydrogens (tertiary/aromatic N) is 2. The van der Waals surface area contributed by atoms with E-state index in [9.17, 15) is 9.59 Å². The first-order chi connectivity index (χ1) is 11.6. The fourth-order valence-corrected chi connectivity index (χ4v) is 4.01. The average molecular weight is 337 g/mol. The number of carbonyl (C=O) groups excluding carboxylic acids is 2. The van der Waals surface area contributed by atoms with Gasteiger partial charge in [-0.25, -0.2) is 0 Å². The smallest absolute Gasteiger partial charge is 0.289 e. The Labute approximate surface area is 143 Å². The summed E-state index contributed by atoms with van der Waals surface area (Å²) in [4.78, 5) is 25.3. The molecule has 3 aromatic rings. The highest BCUT2D eigenvalue weighted by molar-refractivity contribution is 8.15. The number of benzene rings is 2. The molecule has 2 aromatic carbocycles. The molecular weight excluding hydrogens is 322 g/mol. The van der Waals surface area contributed by atoms with Crippen LogP contribution in [0.1, 0.15) is 10.8 Å². The molecule has 0 bridgehead atoms. The van der Waals surface area contributed by atoms with Crippen molar-refractivity contribution in [3.05, 3.63) is 60.3 Å². The summed E-state index contributed by atoms with van der Waals surface area (Å²) in [6.07, 6.45) is 1.97. The Morgan fingerprint density at radius 1 is 1.04 bits per heavy atom. The van der Waals surface area contributed by atoms with E-state index < -0.39 is 5.25 Å². The minimum atomic E-state index is -0.478. The molecule has 0 aliphatic carbocycles. The summed E-state index contributed by atoms with van der Waals surface area (Å²) < 4.78 is 2.05. The molecule has 1 fully saturated rings. The van der Waals surface area contributed by atoms with Crippen LogP contribution in [0.25, 0.3) is 16.6 Å². The lowest BCUT2D eigenvalue weighted by Gasteiger charge is -2.11. The van der Waals surface area contributed by atoms with Gasteiger partial charge in [-0.2, -0.15) is 0 Å². The van der Waals surface area contributed by atoms with Crippen LogP contribution in [-0.4, -0.2) is 27.7 Å². The summed E-state index contributed by atoms with van der Waals surface area (Å²) in [6, 6.07) is 15.4. The van der Waals surface area contributed by atoms with Crippen molar-refractivity contribution in [2.75, 3.05) is 12.8 Å². The maximum Gasteiger partial charge on any atom is 0.289 e. The highest BCUT2D eigenvalue weighted by Crippen LogP contribution is 2.41. The normalized spacial score (nSPS) is 17.9. The molecule has 1 unspecified atom stereocenters. The monoisotopic (exact) mass is 337 g/mol. The molecule has 2 N–H and O–H groups in total. The molecule has 1 aromatic heterocycles. The number of amides is 2. The minimum Gasteiger partial charge on any atom is -0.399 e. The average Bonchev–Trinajstić information content (AvgIpc) is 3.12.